The van der Waals surface area contributed by atoms with E-state index in [1.807, 2.05) is 11.3 Å². The maximum Gasteiger partial charge on any atom is 0.185 e. The molecular weight excluding hydrogens is 256 g/mol. The van der Waals surface area contributed by atoms with Gasteiger partial charge in [-0.05, 0) is 39.8 Å². The van der Waals surface area contributed by atoms with Gasteiger partial charge in [-0.3, -0.25) is 0 Å². The van der Waals surface area contributed by atoms with Gasteiger partial charge in [-0.1, -0.05) is 0 Å². The van der Waals surface area contributed by atoms with Crippen LogP contribution in [0, 0.1) is 0 Å². The molecule has 1 unspecified atom stereocenters. The van der Waals surface area contributed by atoms with Gasteiger partial charge in [0.15, 0.2) is 5.13 Å². The largest absolute Gasteiger partial charge is 0.347 e. The molecule has 106 valence electrons. The Hall–Kier alpha value is -0.650. The van der Waals surface area contributed by atoms with E-state index in [0.29, 0.717) is 18.5 Å². The molecule has 2 heterocycles. The first-order valence-corrected chi connectivity index (χ1v) is 8.11. The molecule has 0 spiro atoms. The monoisotopic (exact) mass is 280 g/mol. The van der Waals surface area contributed by atoms with Gasteiger partial charge in [0.25, 0.3) is 0 Å². The van der Waals surface area contributed by atoms with Crippen LogP contribution in [0.1, 0.15) is 42.2 Å². The predicted molar refractivity (Wildman–Crippen MR) is 80.9 cm³/mol. The van der Waals surface area contributed by atoms with Crippen LogP contribution in [0.15, 0.2) is 0 Å². The average Bonchev–Trinajstić information content (AvgIpc) is 3.18. The van der Waals surface area contributed by atoms with E-state index in [1.54, 1.807) is 0 Å². The van der Waals surface area contributed by atoms with Gasteiger partial charge in [0.05, 0.1) is 5.69 Å². The lowest BCUT2D eigenvalue weighted by atomic mass is 10.1. The lowest BCUT2D eigenvalue weighted by molar-refractivity contribution is 0.258. The van der Waals surface area contributed by atoms with Crippen LogP contribution in [0.3, 0.4) is 0 Å². The fourth-order valence-corrected chi connectivity index (χ4v) is 3.92. The Morgan fingerprint density at radius 2 is 2.16 bits per heavy atom. The van der Waals surface area contributed by atoms with Crippen LogP contribution < -0.4 is 10.6 Å². The summed E-state index contributed by atoms with van der Waals surface area (Å²) in [5.74, 6) is 0.706. The average molecular weight is 280 g/mol. The number of thiazole rings is 1. The third kappa shape index (κ3) is 2.78. The van der Waals surface area contributed by atoms with Crippen molar-refractivity contribution in [2.75, 3.05) is 32.1 Å². The van der Waals surface area contributed by atoms with Crippen LogP contribution in [0.25, 0.3) is 0 Å². The van der Waals surface area contributed by atoms with E-state index in [9.17, 15) is 0 Å². The fraction of sp³-hybridized carbons (Fsp3) is 0.786. The van der Waals surface area contributed by atoms with Crippen LogP contribution in [-0.4, -0.2) is 43.1 Å². The molecule has 1 aliphatic heterocycles. The van der Waals surface area contributed by atoms with Gasteiger partial charge in [0.2, 0.25) is 0 Å². The SMILES string of the molecule is CN(C)C1CCCN(c2nc(C3CC3)c(CN)s2)C1. The quantitative estimate of drug-likeness (QED) is 0.916. The number of aromatic nitrogens is 1. The number of rotatable bonds is 4. The minimum Gasteiger partial charge on any atom is -0.347 e. The Balaban J connectivity index is 1.77. The van der Waals surface area contributed by atoms with Gasteiger partial charge in [0.1, 0.15) is 0 Å². The van der Waals surface area contributed by atoms with E-state index in [4.69, 9.17) is 10.7 Å². The second kappa shape index (κ2) is 5.38. The maximum absolute atomic E-state index is 5.88. The Kier molecular flexibility index (Phi) is 3.78. The summed E-state index contributed by atoms with van der Waals surface area (Å²) >= 11 is 1.82. The first-order valence-electron chi connectivity index (χ1n) is 7.30. The Morgan fingerprint density at radius 3 is 2.79 bits per heavy atom. The van der Waals surface area contributed by atoms with Gasteiger partial charge >= 0.3 is 0 Å². The van der Waals surface area contributed by atoms with Gasteiger partial charge in [-0.25, -0.2) is 4.98 Å². The molecule has 2 N–H and O–H groups in total. The van der Waals surface area contributed by atoms with E-state index in [2.05, 4.69) is 23.9 Å². The summed E-state index contributed by atoms with van der Waals surface area (Å²) in [6, 6.07) is 0.656. The molecule has 1 atom stereocenters. The van der Waals surface area contributed by atoms with Crippen LogP contribution in [-0.2, 0) is 6.54 Å². The van der Waals surface area contributed by atoms with Crippen molar-refractivity contribution in [2.45, 2.75) is 44.2 Å². The summed E-state index contributed by atoms with van der Waals surface area (Å²) < 4.78 is 0. The third-order valence-corrected chi connectivity index (χ3v) is 5.42. The second-order valence-corrected chi connectivity index (χ2v) is 7.05. The zero-order valence-corrected chi connectivity index (χ0v) is 12.7. The van der Waals surface area contributed by atoms with Crippen molar-refractivity contribution in [1.29, 1.82) is 0 Å². The minimum absolute atomic E-state index is 0.647. The number of hydrogen-bond acceptors (Lipinski definition) is 5. The highest BCUT2D eigenvalue weighted by molar-refractivity contribution is 7.15. The molecule has 5 heteroatoms. The number of nitrogens with two attached hydrogens (primary N) is 1. The van der Waals surface area contributed by atoms with Crippen molar-refractivity contribution >= 4 is 16.5 Å². The summed E-state index contributed by atoms with van der Waals surface area (Å²) in [6.07, 6.45) is 5.17. The van der Waals surface area contributed by atoms with Crippen molar-refractivity contribution in [3.8, 4) is 0 Å². The normalized spacial score (nSPS) is 24.2. The molecule has 2 fully saturated rings. The lowest BCUT2D eigenvalue weighted by Crippen LogP contribution is -2.45. The molecule has 1 saturated heterocycles. The highest BCUT2D eigenvalue weighted by atomic mass is 32.1. The fourth-order valence-electron chi connectivity index (χ4n) is 2.86. The summed E-state index contributed by atoms with van der Waals surface area (Å²) in [4.78, 5) is 11.0. The van der Waals surface area contributed by atoms with E-state index in [0.717, 1.165) is 13.1 Å². The van der Waals surface area contributed by atoms with Crippen molar-refractivity contribution in [3.63, 3.8) is 0 Å². The Bertz CT molecular complexity index is 439. The van der Waals surface area contributed by atoms with E-state index >= 15 is 0 Å². The Labute approximate surface area is 119 Å². The molecule has 0 aromatic carbocycles. The van der Waals surface area contributed by atoms with Crippen LogP contribution >= 0.6 is 11.3 Å². The molecule has 1 aromatic rings. The molecule has 0 radical (unpaired) electrons. The molecule has 4 nitrogen and oxygen atoms in total. The molecule has 19 heavy (non-hydrogen) atoms. The maximum atomic E-state index is 5.88. The Morgan fingerprint density at radius 1 is 1.37 bits per heavy atom. The molecule has 2 aliphatic rings. The van der Waals surface area contributed by atoms with Gasteiger partial charge in [0, 0.05) is 36.5 Å². The molecule has 0 bridgehead atoms. The highest BCUT2D eigenvalue weighted by Gasteiger charge is 2.31. The smallest absolute Gasteiger partial charge is 0.185 e. The van der Waals surface area contributed by atoms with Crippen molar-refractivity contribution in [2.24, 2.45) is 5.73 Å². The molecule has 1 saturated carbocycles. The summed E-state index contributed by atoms with van der Waals surface area (Å²) in [5.41, 5.74) is 7.18. The summed E-state index contributed by atoms with van der Waals surface area (Å²) in [5, 5.41) is 1.20. The lowest BCUT2D eigenvalue weighted by Gasteiger charge is -2.35. The van der Waals surface area contributed by atoms with Crippen LogP contribution in [0.4, 0.5) is 5.13 Å². The highest BCUT2D eigenvalue weighted by Crippen LogP contribution is 2.44. The molecular formula is C14H24N4S. The third-order valence-electron chi connectivity index (χ3n) is 4.26. The second-order valence-electron chi connectivity index (χ2n) is 5.99. The summed E-state index contributed by atoms with van der Waals surface area (Å²) in [7, 11) is 4.36. The number of hydrogen-bond donors (Lipinski definition) is 1. The number of nitrogens with zero attached hydrogens (tertiary/aromatic N) is 3. The molecule has 0 amide bonds. The zero-order chi connectivity index (χ0) is 13.4. The van der Waals surface area contributed by atoms with Crippen molar-refractivity contribution < 1.29 is 0 Å². The predicted octanol–water partition coefficient (Wildman–Crippen LogP) is 2.01. The molecule has 3 rings (SSSR count). The van der Waals surface area contributed by atoms with E-state index in [-0.39, 0.29) is 0 Å². The minimum atomic E-state index is 0.647. The summed E-state index contributed by atoms with van der Waals surface area (Å²) in [6.45, 7) is 2.90. The molecule has 1 aromatic heterocycles. The van der Waals surface area contributed by atoms with Crippen molar-refractivity contribution in [1.82, 2.24) is 9.88 Å². The van der Waals surface area contributed by atoms with Gasteiger partial charge < -0.3 is 15.5 Å². The van der Waals surface area contributed by atoms with Crippen LogP contribution in [0.2, 0.25) is 0 Å². The first kappa shape index (κ1) is 13.3. The van der Waals surface area contributed by atoms with Crippen LogP contribution in [0.5, 0.6) is 0 Å². The zero-order valence-electron chi connectivity index (χ0n) is 11.9. The van der Waals surface area contributed by atoms with Gasteiger partial charge in [-0.15, -0.1) is 11.3 Å². The van der Waals surface area contributed by atoms with Crippen molar-refractivity contribution in [3.05, 3.63) is 10.6 Å². The number of likely N-dealkylation sites (N-methyl/N-ethyl adjacent to an activating group) is 1. The topological polar surface area (TPSA) is 45.4 Å². The number of anilines is 1. The first-order chi connectivity index (χ1) is 9.19. The van der Waals surface area contributed by atoms with E-state index < -0.39 is 0 Å². The van der Waals surface area contributed by atoms with Gasteiger partial charge in [-0.2, -0.15) is 0 Å². The van der Waals surface area contributed by atoms with E-state index in [1.165, 1.54) is 41.4 Å². The standard InChI is InChI=1S/C14H24N4S/c1-17(2)11-4-3-7-18(9-11)14-16-13(10-5-6-10)12(8-15)19-14/h10-11H,3-9,15H2,1-2H3. The number of piperidine rings is 1. The molecule has 1 aliphatic carbocycles.